The molecular formula is C13H17NO2. The van der Waals surface area contributed by atoms with Gasteiger partial charge in [-0.05, 0) is 30.9 Å². The first-order valence-electron chi connectivity index (χ1n) is 5.75. The molecule has 16 heavy (non-hydrogen) atoms. The number of hydrogen-bond donors (Lipinski definition) is 1. The summed E-state index contributed by atoms with van der Waals surface area (Å²) in [6.45, 7) is 2.16. The molecule has 0 aromatic heterocycles. The molecule has 0 bridgehead atoms. The lowest BCUT2D eigenvalue weighted by Crippen LogP contribution is -2.32. The Kier molecular flexibility index (Phi) is 3.57. The summed E-state index contributed by atoms with van der Waals surface area (Å²) in [6, 6.07) is 9.63. The third-order valence-corrected chi connectivity index (χ3v) is 2.95. The first kappa shape index (κ1) is 11.1. The maximum absolute atomic E-state index is 11.6. The second-order valence-corrected chi connectivity index (χ2v) is 4.42. The largest absolute Gasteiger partial charge is 0.297 e. The van der Waals surface area contributed by atoms with Crippen molar-refractivity contribution >= 4 is 11.5 Å². The summed E-state index contributed by atoms with van der Waals surface area (Å²) in [7, 11) is 0. The molecule has 0 unspecified atom stereocenters. The smallest absolute Gasteiger partial charge is 0.164 e. The van der Waals surface area contributed by atoms with E-state index in [1.807, 2.05) is 30.3 Å². The fourth-order valence-corrected chi connectivity index (χ4v) is 1.92. The molecule has 0 spiro atoms. The second kappa shape index (κ2) is 5.12. The van der Waals surface area contributed by atoms with Gasteiger partial charge in [-0.15, -0.1) is 0 Å². The number of hydrogen-bond acceptors (Lipinski definition) is 3. The molecule has 0 saturated heterocycles. The Morgan fingerprint density at radius 2 is 2.06 bits per heavy atom. The minimum Gasteiger partial charge on any atom is -0.297 e. The van der Waals surface area contributed by atoms with E-state index in [1.54, 1.807) is 0 Å². The zero-order chi connectivity index (χ0) is 11.4. The van der Waals surface area contributed by atoms with E-state index >= 15 is 0 Å². The van der Waals surface area contributed by atoms with Gasteiger partial charge in [0, 0.05) is 6.42 Å². The molecule has 1 saturated carbocycles. The Balaban J connectivity index is 1.87. The molecule has 0 aliphatic heterocycles. The molecule has 0 amide bonds. The lowest BCUT2D eigenvalue weighted by atomic mass is 9.88. The highest BCUT2D eigenvalue weighted by Crippen LogP contribution is 2.23. The second-order valence-electron chi connectivity index (χ2n) is 4.42. The predicted molar refractivity (Wildman–Crippen MR) is 63.0 cm³/mol. The Bertz CT molecular complexity index is 350. The zero-order valence-corrected chi connectivity index (χ0v) is 9.48. The van der Waals surface area contributed by atoms with Crippen LogP contribution in [0.3, 0.4) is 0 Å². The first-order chi connectivity index (χ1) is 7.75. The Morgan fingerprint density at radius 1 is 1.31 bits per heavy atom. The van der Waals surface area contributed by atoms with Crippen molar-refractivity contribution in [2.75, 3.05) is 5.48 Å². The van der Waals surface area contributed by atoms with E-state index in [2.05, 4.69) is 12.4 Å². The molecule has 0 radical (unpaired) electrons. The van der Waals surface area contributed by atoms with Crippen molar-refractivity contribution < 1.29 is 9.63 Å². The van der Waals surface area contributed by atoms with Gasteiger partial charge in [-0.25, -0.2) is 0 Å². The number of Topliss-reactive ketones (excluding diaryl/α,β-unsaturated/α-hetero) is 1. The Morgan fingerprint density at radius 3 is 2.81 bits per heavy atom. The zero-order valence-electron chi connectivity index (χ0n) is 9.48. The normalized spacial score (nSPS) is 25.4. The molecule has 1 aromatic rings. The number of ketones is 1. The molecule has 1 aliphatic carbocycles. The standard InChI is InChI=1S/C13H17NO2/c1-10-7-8-12(15)13(9-10)16-14-11-5-3-2-4-6-11/h2-6,10,13-14H,7-9H2,1H3/t10-,13-/m1/s1. The van der Waals surface area contributed by atoms with Gasteiger partial charge in [0.1, 0.15) is 6.10 Å². The molecular weight excluding hydrogens is 202 g/mol. The van der Waals surface area contributed by atoms with Crippen molar-refractivity contribution in [2.24, 2.45) is 5.92 Å². The molecule has 1 fully saturated rings. The topological polar surface area (TPSA) is 38.3 Å². The monoisotopic (exact) mass is 219 g/mol. The van der Waals surface area contributed by atoms with E-state index in [9.17, 15) is 4.79 Å². The number of anilines is 1. The Hall–Kier alpha value is -1.35. The van der Waals surface area contributed by atoms with Gasteiger partial charge in [0.05, 0.1) is 5.69 Å². The maximum atomic E-state index is 11.6. The van der Waals surface area contributed by atoms with Gasteiger partial charge in [-0.2, -0.15) is 0 Å². The highest BCUT2D eigenvalue weighted by molar-refractivity contribution is 5.83. The number of carbonyl (C=O) groups is 1. The van der Waals surface area contributed by atoms with E-state index in [0.717, 1.165) is 18.5 Å². The molecule has 1 aromatic carbocycles. The summed E-state index contributed by atoms with van der Waals surface area (Å²) in [6.07, 6.45) is 2.16. The van der Waals surface area contributed by atoms with Crippen molar-refractivity contribution in [2.45, 2.75) is 32.3 Å². The van der Waals surface area contributed by atoms with Crippen molar-refractivity contribution in [3.8, 4) is 0 Å². The SMILES string of the molecule is C[C@@H]1CCC(=O)[C@H](ONc2ccccc2)C1. The van der Waals surface area contributed by atoms with E-state index in [-0.39, 0.29) is 11.9 Å². The van der Waals surface area contributed by atoms with Crippen LogP contribution >= 0.6 is 0 Å². The van der Waals surface area contributed by atoms with E-state index in [1.165, 1.54) is 0 Å². The van der Waals surface area contributed by atoms with Gasteiger partial charge in [0.2, 0.25) is 0 Å². The van der Waals surface area contributed by atoms with E-state index in [0.29, 0.717) is 12.3 Å². The first-order valence-corrected chi connectivity index (χ1v) is 5.75. The molecule has 3 nitrogen and oxygen atoms in total. The Labute approximate surface area is 95.8 Å². The average molecular weight is 219 g/mol. The van der Waals surface area contributed by atoms with Crippen LogP contribution in [-0.2, 0) is 9.63 Å². The summed E-state index contributed by atoms with van der Waals surface area (Å²) >= 11 is 0. The van der Waals surface area contributed by atoms with Crippen molar-refractivity contribution in [3.63, 3.8) is 0 Å². The van der Waals surface area contributed by atoms with Gasteiger partial charge < -0.3 is 0 Å². The average Bonchev–Trinajstić information content (AvgIpc) is 2.32. The van der Waals surface area contributed by atoms with Crippen LogP contribution in [0.15, 0.2) is 30.3 Å². The molecule has 2 rings (SSSR count). The quantitative estimate of drug-likeness (QED) is 0.794. The lowest BCUT2D eigenvalue weighted by Gasteiger charge is -2.25. The summed E-state index contributed by atoms with van der Waals surface area (Å²) in [5, 5.41) is 0. The van der Waals surface area contributed by atoms with Gasteiger partial charge in [0.15, 0.2) is 5.78 Å². The highest BCUT2D eigenvalue weighted by atomic mass is 16.7. The van der Waals surface area contributed by atoms with Gasteiger partial charge >= 0.3 is 0 Å². The maximum Gasteiger partial charge on any atom is 0.164 e. The molecule has 0 heterocycles. The molecule has 1 N–H and O–H groups in total. The number of carbonyl (C=O) groups excluding carboxylic acids is 1. The van der Waals surface area contributed by atoms with Crippen LogP contribution in [0, 0.1) is 5.92 Å². The summed E-state index contributed by atoms with van der Waals surface area (Å²) < 4.78 is 0. The fraction of sp³-hybridized carbons (Fsp3) is 0.462. The molecule has 1 aliphatic rings. The van der Waals surface area contributed by atoms with Crippen LogP contribution in [0.5, 0.6) is 0 Å². The minimum atomic E-state index is -0.288. The van der Waals surface area contributed by atoms with Crippen LogP contribution in [0.25, 0.3) is 0 Å². The third-order valence-electron chi connectivity index (χ3n) is 2.95. The van der Waals surface area contributed by atoms with Crippen molar-refractivity contribution in [1.29, 1.82) is 0 Å². The van der Waals surface area contributed by atoms with Crippen LogP contribution in [0.1, 0.15) is 26.2 Å². The number of nitrogens with one attached hydrogen (secondary N) is 1. The van der Waals surface area contributed by atoms with Crippen molar-refractivity contribution in [1.82, 2.24) is 0 Å². The van der Waals surface area contributed by atoms with Gasteiger partial charge in [-0.3, -0.25) is 15.1 Å². The van der Waals surface area contributed by atoms with Crippen LogP contribution in [-0.4, -0.2) is 11.9 Å². The van der Waals surface area contributed by atoms with Gasteiger partial charge in [0.25, 0.3) is 0 Å². The van der Waals surface area contributed by atoms with Crippen LogP contribution < -0.4 is 5.48 Å². The van der Waals surface area contributed by atoms with Gasteiger partial charge in [-0.1, -0.05) is 25.1 Å². The summed E-state index contributed by atoms with van der Waals surface area (Å²) in [4.78, 5) is 17.0. The number of benzene rings is 1. The van der Waals surface area contributed by atoms with Crippen molar-refractivity contribution in [3.05, 3.63) is 30.3 Å². The number of rotatable bonds is 3. The fourth-order valence-electron chi connectivity index (χ4n) is 1.92. The third kappa shape index (κ3) is 2.83. The molecule has 3 heteroatoms. The summed E-state index contributed by atoms with van der Waals surface area (Å²) in [5.74, 6) is 0.779. The number of para-hydroxylation sites is 1. The van der Waals surface area contributed by atoms with Crippen LogP contribution in [0.2, 0.25) is 0 Å². The van der Waals surface area contributed by atoms with Crippen LogP contribution in [0.4, 0.5) is 5.69 Å². The molecule has 86 valence electrons. The predicted octanol–water partition coefficient (Wildman–Crippen LogP) is 2.79. The minimum absolute atomic E-state index is 0.210. The molecule has 2 atom stereocenters. The summed E-state index contributed by atoms with van der Waals surface area (Å²) in [5.41, 5.74) is 3.73. The van der Waals surface area contributed by atoms with E-state index in [4.69, 9.17) is 4.84 Å². The lowest BCUT2D eigenvalue weighted by molar-refractivity contribution is -0.132. The van der Waals surface area contributed by atoms with E-state index < -0.39 is 0 Å². The highest BCUT2D eigenvalue weighted by Gasteiger charge is 2.27.